The van der Waals surface area contributed by atoms with Crippen LogP contribution in [0.2, 0.25) is 0 Å². The Labute approximate surface area is 269 Å². The molecule has 6 nitrogen and oxygen atoms in total. The number of ether oxygens (including phenoxy) is 1. The van der Waals surface area contributed by atoms with E-state index in [1.165, 1.54) is 44.1 Å². The molecule has 0 aliphatic carbocycles. The molecule has 5 rings (SSSR count). The third kappa shape index (κ3) is 6.96. The SMILES string of the molecule is CC[C@@H]1CN2CCOC[C@@H]2CN1c1cc(-c2ccc(F)cc2C)c(N(C)C(=O)C(C)(C)c2cc(C(F)(F)F)cc(C(F)(F)F)c2)cn1. The number of morpholine rings is 1. The molecule has 2 saturated heterocycles. The van der Waals surface area contributed by atoms with Crippen LogP contribution in [0.4, 0.5) is 42.2 Å². The second-order valence-corrected chi connectivity index (χ2v) is 12.7. The minimum atomic E-state index is -5.07. The molecule has 2 atom stereocenters. The fraction of sp³-hybridized carbons (Fsp3) is 0.471. The van der Waals surface area contributed by atoms with E-state index in [2.05, 4.69) is 16.7 Å². The highest BCUT2D eigenvalue weighted by Crippen LogP contribution is 2.42. The number of anilines is 2. The van der Waals surface area contributed by atoms with Crippen molar-refractivity contribution in [2.45, 2.75) is 64.0 Å². The first kappa shape index (κ1) is 34.6. The molecule has 2 aliphatic rings. The molecule has 47 heavy (non-hydrogen) atoms. The fourth-order valence-electron chi connectivity index (χ4n) is 6.45. The number of rotatable bonds is 6. The molecule has 1 aromatic heterocycles. The molecule has 2 fully saturated rings. The van der Waals surface area contributed by atoms with Gasteiger partial charge in [-0.05, 0) is 80.3 Å². The minimum absolute atomic E-state index is 0.0364. The third-order valence-corrected chi connectivity index (χ3v) is 9.27. The summed E-state index contributed by atoms with van der Waals surface area (Å²) in [7, 11) is 1.40. The number of likely N-dealkylation sites (N-methyl/N-ethyl adjacent to an activating group) is 1. The quantitative estimate of drug-likeness (QED) is 0.256. The zero-order chi connectivity index (χ0) is 34.5. The fourth-order valence-corrected chi connectivity index (χ4v) is 6.45. The number of piperazine rings is 1. The largest absolute Gasteiger partial charge is 0.416 e. The molecule has 2 aromatic carbocycles. The van der Waals surface area contributed by atoms with Crippen molar-refractivity contribution >= 4 is 17.4 Å². The van der Waals surface area contributed by atoms with Gasteiger partial charge in [0.25, 0.3) is 0 Å². The van der Waals surface area contributed by atoms with Gasteiger partial charge in [0.05, 0.1) is 47.7 Å². The molecule has 0 N–H and O–H groups in total. The van der Waals surface area contributed by atoms with E-state index in [1.54, 1.807) is 19.1 Å². The van der Waals surface area contributed by atoms with Crippen molar-refractivity contribution in [3.63, 3.8) is 0 Å². The number of pyridine rings is 1. The van der Waals surface area contributed by atoms with Crippen molar-refractivity contribution in [1.82, 2.24) is 9.88 Å². The molecule has 0 bridgehead atoms. The first-order valence-corrected chi connectivity index (χ1v) is 15.3. The lowest BCUT2D eigenvalue weighted by atomic mass is 9.81. The van der Waals surface area contributed by atoms with E-state index < -0.39 is 46.2 Å². The zero-order valence-corrected chi connectivity index (χ0v) is 26.8. The lowest BCUT2D eigenvalue weighted by Gasteiger charge is -2.48. The van der Waals surface area contributed by atoms with E-state index in [9.17, 15) is 35.5 Å². The van der Waals surface area contributed by atoms with Gasteiger partial charge in [0.1, 0.15) is 11.6 Å². The van der Waals surface area contributed by atoms with Gasteiger partial charge in [0, 0.05) is 38.3 Å². The summed E-state index contributed by atoms with van der Waals surface area (Å²) in [5.74, 6) is -0.602. The van der Waals surface area contributed by atoms with Crippen LogP contribution in [-0.2, 0) is 27.3 Å². The van der Waals surface area contributed by atoms with Crippen molar-refractivity contribution in [2.24, 2.45) is 0 Å². The van der Waals surface area contributed by atoms with Gasteiger partial charge in [0.15, 0.2) is 0 Å². The standard InChI is InChI=1S/C34H37F7N4O2/c1-6-25-17-44-9-10-47-19-26(44)18-45(25)30-15-28(27-8-7-24(35)11-20(27)2)29(16-42-30)43(5)31(46)32(3,4)21-12-22(33(36,37)38)14-23(13-21)34(39,40)41/h7-8,11-16,25-26H,6,9-10,17-19H2,1-5H3/t25-,26+/m1/s1. The van der Waals surface area contributed by atoms with Gasteiger partial charge in [-0.1, -0.05) is 13.0 Å². The van der Waals surface area contributed by atoms with Crippen LogP contribution in [-0.4, -0.2) is 67.8 Å². The molecule has 0 unspecified atom stereocenters. The van der Waals surface area contributed by atoms with Crippen LogP contribution < -0.4 is 9.80 Å². The van der Waals surface area contributed by atoms with Gasteiger partial charge in [-0.3, -0.25) is 9.69 Å². The maximum Gasteiger partial charge on any atom is 0.416 e. The Morgan fingerprint density at radius 1 is 0.957 bits per heavy atom. The van der Waals surface area contributed by atoms with Gasteiger partial charge in [-0.2, -0.15) is 26.3 Å². The van der Waals surface area contributed by atoms with E-state index >= 15 is 0 Å². The summed E-state index contributed by atoms with van der Waals surface area (Å²) < 4.78 is 102. The highest BCUT2D eigenvalue weighted by atomic mass is 19.4. The van der Waals surface area contributed by atoms with Crippen molar-refractivity contribution in [3.8, 4) is 11.1 Å². The minimum Gasteiger partial charge on any atom is -0.378 e. The highest BCUT2D eigenvalue weighted by Gasteiger charge is 2.42. The zero-order valence-electron chi connectivity index (χ0n) is 26.8. The molecule has 3 heterocycles. The number of aromatic nitrogens is 1. The Morgan fingerprint density at radius 3 is 2.19 bits per heavy atom. The summed E-state index contributed by atoms with van der Waals surface area (Å²) in [5.41, 5.74) is -3.36. The van der Waals surface area contributed by atoms with E-state index in [4.69, 9.17) is 9.72 Å². The number of nitrogens with zero attached hydrogens (tertiary/aromatic N) is 4. The Bertz CT molecular complexity index is 1610. The monoisotopic (exact) mass is 666 g/mol. The molecule has 1 amide bonds. The number of carbonyl (C=O) groups excluding carboxylic acids is 1. The number of aryl methyl sites for hydroxylation is 1. The number of alkyl halides is 6. The van der Waals surface area contributed by atoms with Gasteiger partial charge >= 0.3 is 12.4 Å². The molecule has 3 aromatic rings. The van der Waals surface area contributed by atoms with Gasteiger partial charge in [-0.25, -0.2) is 9.37 Å². The van der Waals surface area contributed by atoms with E-state index in [0.29, 0.717) is 54.4 Å². The topological polar surface area (TPSA) is 48.9 Å². The number of amides is 1. The molecule has 0 saturated carbocycles. The molecule has 254 valence electrons. The van der Waals surface area contributed by atoms with Crippen molar-refractivity contribution < 1.29 is 40.3 Å². The van der Waals surface area contributed by atoms with Gasteiger partial charge in [-0.15, -0.1) is 0 Å². The maximum atomic E-state index is 14.2. The van der Waals surface area contributed by atoms with Gasteiger partial charge in [0.2, 0.25) is 5.91 Å². The number of halogens is 7. The molecular weight excluding hydrogens is 629 g/mol. The normalized spacial score (nSPS) is 19.4. The van der Waals surface area contributed by atoms with Crippen LogP contribution >= 0.6 is 0 Å². The summed E-state index contributed by atoms with van der Waals surface area (Å²) in [4.78, 5) is 24.6. The highest BCUT2D eigenvalue weighted by molar-refractivity contribution is 6.03. The molecule has 13 heteroatoms. The van der Waals surface area contributed by atoms with Crippen molar-refractivity contribution in [1.29, 1.82) is 0 Å². The van der Waals surface area contributed by atoms with Crippen LogP contribution in [0.1, 0.15) is 49.4 Å². The summed E-state index contributed by atoms with van der Waals surface area (Å²) in [6.07, 6.45) is -7.83. The molecular formula is C34H37F7N4O2. The molecule has 2 aliphatic heterocycles. The predicted molar refractivity (Wildman–Crippen MR) is 165 cm³/mol. The van der Waals surface area contributed by atoms with E-state index in [-0.39, 0.29) is 23.8 Å². The second-order valence-electron chi connectivity index (χ2n) is 12.7. The van der Waals surface area contributed by atoms with Crippen LogP contribution in [0, 0.1) is 12.7 Å². The first-order valence-electron chi connectivity index (χ1n) is 15.3. The number of hydrogen-bond donors (Lipinski definition) is 0. The van der Waals surface area contributed by atoms with Crippen LogP contribution in [0.25, 0.3) is 11.1 Å². The average molecular weight is 667 g/mol. The summed E-state index contributed by atoms with van der Waals surface area (Å²) in [6.45, 7) is 9.89. The smallest absolute Gasteiger partial charge is 0.378 e. The number of hydrogen-bond acceptors (Lipinski definition) is 5. The van der Waals surface area contributed by atoms with Crippen molar-refractivity contribution in [2.75, 3.05) is 49.7 Å². The summed E-state index contributed by atoms with van der Waals surface area (Å²) in [6, 6.07) is 7.49. The van der Waals surface area contributed by atoms with Crippen LogP contribution in [0.15, 0.2) is 48.7 Å². The predicted octanol–water partition coefficient (Wildman–Crippen LogP) is 7.47. The molecule has 0 radical (unpaired) electrons. The van der Waals surface area contributed by atoms with Crippen LogP contribution in [0.3, 0.4) is 0 Å². The summed E-state index contributed by atoms with van der Waals surface area (Å²) in [5, 5.41) is 0. The number of fused-ring (bicyclic) bond motifs is 1. The third-order valence-electron chi connectivity index (χ3n) is 9.27. The maximum absolute atomic E-state index is 14.2. The van der Waals surface area contributed by atoms with E-state index in [0.717, 1.165) is 19.5 Å². The summed E-state index contributed by atoms with van der Waals surface area (Å²) >= 11 is 0. The van der Waals surface area contributed by atoms with Crippen LogP contribution in [0.5, 0.6) is 0 Å². The van der Waals surface area contributed by atoms with E-state index in [1.807, 2.05) is 0 Å². The van der Waals surface area contributed by atoms with Gasteiger partial charge < -0.3 is 14.5 Å². The Morgan fingerprint density at radius 2 is 1.60 bits per heavy atom. The molecule has 0 spiro atoms. The lowest BCUT2D eigenvalue weighted by molar-refractivity contribution is -0.143. The Kier molecular flexibility index (Phi) is 9.37. The lowest BCUT2D eigenvalue weighted by Crippen LogP contribution is -2.62. The Hall–Kier alpha value is -3.71. The number of carbonyl (C=O) groups is 1. The Balaban J connectivity index is 1.59. The van der Waals surface area contributed by atoms with Crippen molar-refractivity contribution in [3.05, 3.63) is 76.7 Å². The average Bonchev–Trinajstić information content (AvgIpc) is 3.02. The number of benzene rings is 2. The second kappa shape index (κ2) is 12.7. The first-order chi connectivity index (χ1) is 21.9.